The van der Waals surface area contributed by atoms with Crippen LogP contribution < -0.4 is 4.74 Å². The highest BCUT2D eigenvalue weighted by molar-refractivity contribution is 5.28. The number of ether oxygens (including phenoxy) is 1. The van der Waals surface area contributed by atoms with Gasteiger partial charge in [0.2, 0.25) is 0 Å². The fourth-order valence-corrected chi connectivity index (χ4v) is 1.37. The summed E-state index contributed by atoms with van der Waals surface area (Å²) in [5, 5.41) is 0. The molecule has 0 saturated carbocycles. The average Bonchev–Trinajstić information content (AvgIpc) is 2.16. The molecule has 1 rings (SSSR count). The largest absolute Gasteiger partial charge is 0.573 e. The van der Waals surface area contributed by atoms with Gasteiger partial charge < -0.3 is 4.74 Å². The fraction of sp³-hybridized carbons (Fsp3) is 0.417. The van der Waals surface area contributed by atoms with Gasteiger partial charge in [-0.15, -0.1) is 13.2 Å². The van der Waals surface area contributed by atoms with Crippen LogP contribution in [0.3, 0.4) is 0 Å². The minimum Gasteiger partial charge on any atom is -0.406 e. The molecule has 1 nitrogen and oxygen atoms in total. The average molecular weight is 231 g/mol. The number of unbranched alkanes of at least 4 members (excludes halogenated alkanes) is 2. The first-order valence-corrected chi connectivity index (χ1v) is 5.17. The molecule has 89 valence electrons. The predicted octanol–water partition coefficient (Wildman–Crippen LogP) is 4.13. The van der Waals surface area contributed by atoms with Gasteiger partial charge in [-0.3, -0.25) is 0 Å². The van der Waals surface area contributed by atoms with E-state index < -0.39 is 6.36 Å². The Bertz CT molecular complexity index is 320. The number of aryl methyl sites for hydroxylation is 1. The van der Waals surface area contributed by atoms with E-state index in [-0.39, 0.29) is 5.75 Å². The summed E-state index contributed by atoms with van der Waals surface area (Å²) < 4.78 is 39.7. The van der Waals surface area contributed by atoms with E-state index in [1.54, 1.807) is 12.1 Å². The van der Waals surface area contributed by atoms with E-state index in [4.69, 9.17) is 0 Å². The SMILES string of the molecule is CC[CH]CCc1cccc(OC(F)(F)F)c1. The van der Waals surface area contributed by atoms with Crippen molar-refractivity contribution in [3.63, 3.8) is 0 Å². The van der Waals surface area contributed by atoms with Gasteiger partial charge in [-0.2, -0.15) is 0 Å². The Morgan fingerprint density at radius 3 is 2.69 bits per heavy atom. The molecule has 0 aromatic heterocycles. The smallest absolute Gasteiger partial charge is 0.406 e. The monoisotopic (exact) mass is 231 g/mol. The lowest BCUT2D eigenvalue weighted by Gasteiger charge is -2.09. The molecule has 1 radical (unpaired) electrons. The van der Waals surface area contributed by atoms with Crippen molar-refractivity contribution in [1.82, 2.24) is 0 Å². The molecule has 0 heterocycles. The maximum atomic E-state index is 12.0. The van der Waals surface area contributed by atoms with Crippen LogP contribution >= 0.6 is 0 Å². The van der Waals surface area contributed by atoms with Crippen molar-refractivity contribution in [2.75, 3.05) is 0 Å². The first kappa shape index (κ1) is 12.9. The van der Waals surface area contributed by atoms with Crippen LogP contribution in [0.5, 0.6) is 5.75 Å². The first-order chi connectivity index (χ1) is 7.51. The molecule has 0 aliphatic heterocycles. The molecule has 0 unspecified atom stereocenters. The standard InChI is InChI=1S/C12H14F3O/c1-2-3-4-6-10-7-5-8-11(9-10)16-12(13,14)15/h3,5,7-9H,2,4,6H2,1H3. The summed E-state index contributed by atoms with van der Waals surface area (Å²) >= 11 is 0. The van der Waals surface area contributed by atoms with Crippen molar-refractivity contribution in [1.29, 1.82) is 0 Å². The third kappa shape index (κ3) is 5.05. The molecule has 0 atom stereocenters. The van der Waals surface area contributed by atoms with Crippen LogP contribution in [0.2, 0.25) is 0 Å². The van der Waals surface area contributed by atoms with Gasteiger partial charge in [0.25, 0.3) is 0 Å². The van der Waals surface area contributed by atoms with E-state index in [0.717, 1.165) is 24.8 Å². The van der Waals surface area contributed by atoms with Crippen molar-refractivity contribution in [2.24, 2.45) is 0 Å². The summed E-state index contributed by atoms with van der Waals surface area (Å²) in [6, 6.07) is 6.10. The lowest BCUT2D eigenvalue weighted by molar-refractivity contribution is -0.274. The molecule has 1 aromatic rings. The second-order valence-electron chi connectivity index (χ2n) is 3.43. The van der Waals surface area contributed by atoms with E-state index in [0.29, 0.717) is 0 Å². The number of hydrogen-bond acceptors (Lipinski definition) is 1. The highest BCUT2D eigenvalue weighted by Gasteiger charge is 2.30. The van der Waals surface area contributed by atoms with Gasteiger partial charge in [-0.1, -0.05) is 25.5 Å². The number of benzene rings is 1. The van der Waals surface area contributed by atoms with Gasteiger partial charge in [0.1, 0.15) is 5.75 Å². The Morgan fingerprint density at radius 1 is 1.31 bits per heavy atom. The van der Waals surface area contributed by atoms with E-state index in [2.05, 4.69) is 11.2 Å². The molecular formula is C12H14F3O. The highest BCUT2D eigenvalue weighted by atomic mass is 19.4. The molecule has 0 aliphatic carbocycles. The molecular weight excluding hydrogens is 217 g/mol. The summed E-state index contributed by atoms with van der Waals surface area (Å²) in [6.45, 7) is 2.03. The minimum absolute atomic E-state index is 0.151. The Kier molecular flexibility index (Phi) is 4.65. The zero-order valence-electron chi connectivity index (χ0n) is 9.05. The fourth-order valence-electron chi connectivity index (χ4n) is 1.37. The molecule has 0 amide bonds. The summed E-state index contributed by atoms with van der Waals surface area (Å²) in [5.41, 5.74) is 0.853. The Labute approximate surface area is 93.2 Å². The van der Waals surface area contributed by atoms with Gasteiger partial charge in [0.05, 0.1) is 0 Å². The maximum absolute atomic E-state index is 12.0. The molecule has 0 spiro atoms. The van der Waals surface area contributed by atoms with E-state index in [1.165, 1.54) is 12.1 Å². The van der Waals surface area contributed by atoms with Crippen LogP contribution in [0.25, 0.3) is 0 Å². The second kappa shape index (κ2) is 5.77. The van der Waals surface area contributed by atoms with Crippen LogP contribution in [-0.4, -0.2) is 6.36 Å². The molecule has 0 fully saturated rings. The molecule has 0 aliphatic rings. The number of rotatable bonds is 5. The van der Waals surface area contributed by atoms with Crippen LogP contribution in [0.15, 0.2) is 24.3 Å². The predicted molar refractivity (Wildman–Crippen MR) is 56.0 cm³/mol. The van der Waals surface area contributed by atoms with Crippen LogP contribution in [0, 0.1) is 6.42 Å². The van der Waals surface area contributed by atoms with Crippen molar-refractivity contribution < 1.29 is 17.9 Å². The second-order valence-corrected chi connectivity index (χ2v) is 3.43. The zero-order valence-corrected chi connectivity index (χ0v) is 9.05. The number of halogens is 3. The topological polar surface area (TPSA) is 9.23 Å². The third-order valence-electron chi connectivity index (χ3n) is 2.06. The van der Waals surface area contributed by atoms with Crippen LogP contribution in [0.1, 0.15) is 25.3 Å². The van der Waals surface area contributed by atoms with Gasteiger partial charge in [0.15, 0.2) is 0 Å². The molecule has 0 saturated heterocycles. The lowest BCUT2D eigenvalue weighted by atomic mass is 10.1. The van der Waals surface area contributed by atoms with Gasteiger partial charge in [-0.25, -0.2) is 0 Å². The molecule has 16 heavy (non-hydrogen) atoms. The van der Waals surface area contributed by atoms with Crippen molar-refractivity contribution in [3.8, 4) is 5.75 Å². The van der Waals surface area contributed by atoms with Gasteiger partial charge in [0, 0.05) is 0 Å². The van der Waals surface area contributed by atoms with Crippen molar-refractivity contribution in [3.05, 3.63) is 36.2 Å². The molecule has 0 N–H and O–H groups in total. The Balaban J connectivity index is 2.57. The van der Waals surface area contributed by atoms with Crippen molar-refractivity contribution in [2.45, 2.75) is 32.5 Å². The summed E-state index contributed by atoms with van der Waals surface area (Å²) in [6.07, 6.45) is 0.0546. The summed E-state index contributed by atoms with van der Waals surface area (Å²) in [5.74, 6) is -0.151. The zero-order chi connectivity index (χ0) is 12.0. The van der Waals surface area contributed by atoms with Crippen molar-refractivity contribution >= 4 is 0 Å². The number of hydrogen-bond donors (Lipinski definition) is 0. The molecule has 4 heteroatoms. The maximum Gasteiger partial charge on any atom is 0.573 e. The van der Waals surface area contributed by atoms with Crippen LogP contribution in [-0.2, 0) is 6.42 Å². The van der Waals surface area contributed by atoms with Gasteiger partial charge in [-0.05, 0) is 37.0 Å². The minimum atomic E-state index is -4.62. The van der Waals surface area contributed by atoms with Crippen LogP contribution in [0.4, 0.5) is 13.2 Å². The number of alkyl halides is 3. The summed E-state index contributed by atoms with van der Waals surface area (Å²) in [7, 11) is 0. The quantitative estimate of drug-likeness (QED) is 0.692. The highest BCUT2D eigenvalue weighted by Crippen LogP contribution is 2.23. The molecule has 1 aromatic carbocycles. The Morgan fingerprint density at radius 2 is 2.06 bits per heavy atom. The Hall–Kier alpha value is -1.19. The summed E-state index contributed by atoms with van der Waals surface area (Å²) in [4.78, 5) is 0. The van der Waals surface area contributed by atoms with E-state index >= 15 is 0 Å². The van der Waals surface area contributed by atoms with E-state index in [9.17, 15) is 13.2 Å². The normalized spacial score (nSPS) is 11.5. The lowest BCUT2D eigenvalue weighted by Crippen LogP contribution is -2.17. The van der Waals surface area contributed by atoms with E-state index in [1.807, 2.05) is 6.92 Å². The molecule has 0 bridgehead atoms. The third-order valence-corrected chi connectivity index (χ3v) is 2.06. The first-order valence-electron chi connectivity index (χ1n) is 5.17. The van der Waals surface area contributed by atoms with Gasteiger partial charge >= 0.3 is 6.36 Å².